The Labute approximate surface area is 131 Å². The molecule has 0 bridgehead atoms. The summed E-state index contributed by atoms with van der Waals surface area (Å²) in [7, 11) is 1.49. The quantitative estimate of drug-likeness (QED) is 0.881. The summed E-state index contributed by atoms with van der Waals surface area (Å²) in [5, 5.41) is 0. The van der Waals surface area contributed by atoms with Crippen molar-refractivity contribution in [1.82, 2.24) is 0 Å². The van der Waals surface area contributed by atoms with Gasteiger partial charge in [-0.05, 0) is 23.8 Å². The fourth-order valence-corrected chi connectivity index (χ4v) is 2.05. The standard InChI is InChI=1S/C16H16F3NO3/c1-21-13-5-3-2-4-12(13)11-6-7-14(22-9-8-20)15(10-11)23-16(17,18)19/h2-7,10H,8-9,20H2,1H3. The summed E-state index contributed by atoms with van der Waals surface area (Å²) < 4.78 is 52.3. The van der Waals surface area contributed by atoms with E-state index in [-0.39, 0.29) is 18.9 Å². The van der Waals surface area contributed by atoms with Crippen molar-refractivity contribution in [2.75, 3.05) is 20.3 Å². The lowest BCUT2D eigenvalue weighted by Gasteiger charge is -2.16. The molecule has 0 aromatic heterocycles. The first kappa shape index (κ1) is 17.0. The van der Waals surface area contributed by atoms with Gasteiger partial charge < -0.3 is 19.9 Å². The molecule has 23 heavy (non-hydrogen) atoms. The number of para-hydroxylation sites is 1. The number of hydrogen-bond acceptors (Lipinski definition) is 4. The second-order valence-electron chi connectivity index (χ2n) is 4.55. The zero-order valence-corrected chi connectivity index (χ0v) is 12.4. The average Bonchev–Trinajstić information content (AvgIpc) is 2.52. The highest BCUT2D eigenvalue weighted by Gasteiger charge is 2.32. The van der Waals surface area contributed by atoms with Gasteiger partial charge in [-0.15, -0.1) is 13.2 Å². The number of rotatable bonds is 6. The van der Waals surface area contributed by atoms with Crippen molar-refractivity contribution in [3.63, 3.8) is 0 Å². The molecule has 0 amide bonds. The minimum Gasteiger partial charge on any atom is -0.496 e. The van der Waals surface area contributed by atoms with Gasteiger partial charge >= 0.3 is 6.36 Å². The molecule has 0 heterocycles. The van der Waals surface area contributed by atoms with Crippen LogP contribution in [0.25, 0.3) is 11.1 Å². The molecule has 2 N–H and O–H groups in total. The number of halogens is 3. The summed E-state index contributed by atoms with van der Waals surface area (Å²) in [6, 6.07) is 11.3. The Hall–Kier alpha value is -2.41. The molecule has 0 saturated carbocycles. The summed E-state index contributed by atoms with van der Waals surface area (Å²) in [5.41, 5.74) is 6.47. The summed E-state index contributed by atoms with van der Waals surface area (Å²) >= 11 is 0. The summed E-state index contributed by atoms with van der Waals surface area (Å²) in [6.07, 6.45) is -4.82. The van der Waals surface area contributed by atoms with Crippen LogP contribution in [-0.2, 0) is 0 Å². The van der Waals surface area contributed by atoms with Crippen LogP contribution >= 0.6 is 0 Å². The van der Waals surface area contributed by atoms with E-state index in [4.69, 9.17) is 15.2 Å². The Morgan fingerprint density at radius 1 is 1.00 bits per heavy atom. The monoisotopic (exact) mass is 327 g/mol. The van der Waals surface area contributed by atoms with Gasteiger partial charge in [0.2, 0.25) is 0 Å². The van der Waals surface area contributed by atoms with Crippen molar-refractivity contribution >= 4 is 0 Å². The smallest absolute Gasteiger partial charge is 0.496 e. The van der Waals surface area contributed by atoms with Gasteiger partial charge in [0.1, 0.15) is 12.4 Å². The summed E-state index contributed by atoms with van der Waals surface area (Å²) in [4.78, 5) is 0. The fourth-order valence-electron chi connectivity index (χ4n) is 2.05. The zero-order chi connectivity index (χ0) is 16.9. The van der Waals surface area contributed by atoms with E-state index in [0.717, 1.165) is 0 Å². The van der Waals surface area contributed by atoms with E-state index in [1.165, 1.54) is 19.2 Å². The zero-order valence-electron chi connectivity index (χ0n) is 12.4. The Balaban J connectivity index is 2.44. The first-order valence-corrected chi connectivity index (χ1v) is 6.80. The van der Waals surface area contributed by atoms with E-state index in [2.05, 4.69) is 4.74 Å². The molecule has 4 nitrogen and oxygen atoms in total. The van der Waals surface area contributed by atoms with Crippen LogP contribution in [0, 0.1) is 0 Å². The van der Waals surface area contributed by atoms with Gasteiger partial charge in [0.15, 0.2) is 11.5 Å². The van der Waals surface area contributed by atoms with Crippen molar-refractivity contribution in [3.8, 4) is 28.4 Å². The molecule has 2 aromatic rings. The van der Waals surface area contributed by atoms with Gasteiger partial charge in [0.05, 0.1) is 7.11 Å². The van der Waals surface area contributed by atoms with Crippen molar-refractivity contribution in [2.24, 2.45) is 5.73 Å². The predicted molar refractivity (Wildman–Crippen MR) is 79.7 cm³/mol. The number of ether oxygens (including phenoxy) is 3. The Bertz CT molecular complexity index is 659. The third-order valence-electron chi connectivity index (χ3n) is 2.96. The van der Waals surface area contributed by atoms with Crippen molar-refractivity contribution < 1.29 is 27.4 Å². The second kappa shape index (κ2) is 7.23. The predicted octanol–water partition coefficient (Wildman–Crippen LogP) is 3.60. The van der Waals surface area contributed by atoms with Crippen LogP contribution in [0.4, 0.5) is 13.2 Å². The highest BCUT2D eigenvalue weighted by Crippen LogP contribution is 2.38. The topological polar surface area (TPSA) is 53.7 Å². The maximum absolute atomic E-state index is 12.6. The fraction of sp³-hybridized carbons (Fsp3) is 0.250. The van der Waals surface area contributed by atoms with Crippen LogP contribution in [0.1, 0.15) is 0 Å². The number of hydrogen-bond donors (Lipinski definition) is 1. The van der Waals surface area contributed by atoms with E-state index in [9.17, 15) is 13.2 Å². The minimum absolute atomic E-state index is 0.0218. The first-order chi connectivity index (χ1) is 10.9. The highest BCUT2D eigenvalue weighted by molar-refractivity contribution is 5.72. The van der Waals surface area contributed by atoms with Crippen LogP contribution in [-0.4, -0.2) is 26.6 Å². The van der Waals surface area contributed by atoms with Gasteiger partial charge in [0.25, 0.3) is 0 Å². The number of alkyl halides is 3. The third kappa shape index (κ3) is 4.53. The van der Waals surface area contributed by atoms with Gasteiger partial charge in [-0.1, -0.05) is 24.3 Å². The Morgan fingerprint density at radius 2 is 1.74 bits per heavy atom. The third-order valence-corrected chi connectivity index (χ3v) is 2.96. The van der Waals surface area contributed by atoms with Crippen LogP contribution in [0.5, 0.6) is 17.2 Å². The van der Waals surface area contributed by atoms with Gasteiger partial charge in [-0.25, -0.2) is 0 Å². The van der Waals surface area contributed by atoms with Crippen LogP contribution in [0.15, 0.2) is 42.5 Å². The van der Waals surface area contributed by atoms with Gasteiger partial charge in [-0.2, -0.15) is 0 Å². The first-order valence-electron chi connectivity index (χ1n) is 6.80. The second-order valence-corrected chi connectivity index (χ2v) is 4.55. The lowest BCUT2D eigenvalue weighted by molar-refractivity contribution is -0.275. The molecular formula is C16H16F3NO3. The van der Waals surface area contributed by atoms with Crippen molar-refractivity contribution in [1.29, 1.82) is 0 Å². The van der Waals surface area contributed by atoms with Crippen LogP contribution in [0.2, 0.25) is 0 Å². The molecule has 0 aliphatic carbocycles. The summed E-state index contributed by atoms with van der Waals surface area (Å²) in [6.45, 7) is 0.266. The van der Waals surface area contributed by atoms with Crippen molar-refractivity contribution in [2.45, 2.75) is 6.36 Å². The molecule has 2 rings (SSSR count). The molecule has 7 heteroatoms. The molecular weight excluding hydrogens is 311 g/mol. The van der Waals surface area contributed by atoms with Crippen LogP contribution < -0.4 is 19.9 Å². The van der Waals surface area contributed by atoms with Gasteiger partial charge in [-0.3, -0.25) is 0 Å². The van der Waals surface area contributed by atoms with E-state index in [1.807, 2.05) is 0 Å². The number of benzene rings is 2. The molecule has 0 spiro atoms. The van der Waals surface area contributed by atoms with E-state index in [0.29, 0.717) is 16.9 Å². The van der Waals surface area contributed by atoms with E-state index >= 15 is 0 Å². The molecule has 124 valence electrons. The average molecular weight is 327 g/mol. The van der Waals surface area contributed by atoms with Crippen molar-refractivity contribution in [3.05, 3.63) is 42.5 Å². The molecule has 0 unspecified atom stereocenters. The maximum Gasteiger partial charge on any atom is 0.573 e. The lowest BCUT2D eigenvalue weighted by Crippen LogP contribution is -2.18. The highest BCUT2D eigenvalue weighted by atomic mass is 19.4. The lowest BCUT2D eigenvalue weighted by atomic mass is 10.0. The largest absolute Gasteiger partial charge is 0.573 e. The van der Waals surface area contributed by atoms with Gasteiger partial charge in [0, 0.05) is 12.1 Å². The molecule has 0 radical (unpaired) electrons. The Morgan fingerprint density at radius 3 is 2.39 bits per heavy atom. The normalized spacial score (nSPS) is 11.2. The molecule has 0 aliphatic heterocycles. The minimum atomic E-state index is -4.82. The molecule has 0 atom stereocenters. The number of nitrogens with two attached hydrogens (primary N) is 1. The Kier molecular flexibility index (Phi) is 5.33. The van der Waals surface area contributed by atoms with Crippen LogP contribution in [0.3, 0.4) is 0 Å². The number of methoxy groups -OCH3 is 1. The molecule has 0 aliphatic rings. The molecule has 0 fully saturated rings. The summed E-state index contributed by atoms with van der Waals surface area (Å²) in [5.74, 6) is 0.0989. The molecule has 2 aromatic carbocycles. The van der Waals surface area contributed by atoms with E-state index in [1.54, 1.807) is 30.3 Å². The SMILES string of the molecule is COc1ccccc1-c1ccc(OCCN)c(OC(F)(F)F)c1. The van der Waals surface area contributed by atoms with E-state index < -0.39 is 12.1 Å². The maximum atomic E-state index is 12.6. The molecule has 0 saturated heterocycles.